The number of hydrogen-bond acceptors (Lipinski definition) is 3. The number of aliphatic carboxylic acids is 1. The van der Waals surface area contributed by atoms with Crippen LogP contribution in [0.5, 0.6) is 0 Å². The Labute approximate surface area is 103 Å². The van der Waals surface area contributed by atoms with Gasteiger partial charge < -0.3 is 15.5 Å². The lowest BCUT2D eigenvalue weighted by Crippen LogP contribution is -2.48. The Kier molecular flexibility index (Phi) is 4.79. The second-order valence-corrected chi connectivity index (χ2v) is 3.93. The van der Waals surface area contributed by atoms with Crippen LogP contribution in [0.15, 0.2) is 24.3 Å². The number of hydrogen-bond donors (Lipinski definition) is 3. The van der Waals surface area contributed by atoms with Gasteiger partial charge in [-0.15, -0.1) is 0 Å². The highest BCUT2D eigenvalue weighted by atomic mass is 19.1. The van der Waals surface area contributed by atoms with Crippen molar-refractivity contribution in [2.24, 2.45) is 0 Å². The minimum Gasteiger partial charge on any atom is -0.480 e. The molecule has 1 rings (SSSR count). The van der Waals surface area contributed by atoms with E-state index < -0.39 is 29.8 Å². The third kappa shape index (κ3) is 4.14. The summed E-state index contributed by atoms with van der Waals surface area (Å²) in [7, 11) is 0. The molecule has 0 radical (unpaired) electrons. The standard InChI is InChI=1S/C12H14FNO4/c1-7(15)11(12(17)18)14-10(16)6-8-3-2-4-9(13)5-8/h2-5,7,11,15H,6H2,1H3,(H,14,16)(H,17,18)/t7-,11+/m1/s1. The van der Waals surface area contributed by atoms with Crippen LogP contribution < -0.4 is 5.32 Å². The summed E-state index contributed by atoms with van der Waals surface area (Å²) in [5, 5.41) is 20.1. The number of benzene rings is 1. The van der Waals surface area contributed by atoms with Gasteiger partial charge in [0.15, 0.2) is 6.04 Å². The minimum absolute atomic E-state index is 0.145. The molecule has 2 atom stereocenters. The molecule has 0 heterocycles. The molecule has 1 amide bonds. The van der Waals surface area contributed by atoms with E-state index in [4.69, 9.17) is 5.11 Å². The zero-order valence-electron chi connectivity index (χ0n) is 9.76. The van der Waals surface area contributed by atoms with Gasteiger partial charge in [0.25, 0.3) is 0 Å². The van der Waals surface area contributed by atoms with Crippen molar-refractivity contribution in [1.82, 2.24) is 5.32 Å². The highest BCUT2D eigenvalue weighted by Crippen LogP contribution is 2.04. The van der Waals surface area contributed by atoms with E-state index in [1.807, 2.05) is 0 Å². The molecule has 98 valence electrons. The lowest BCUT2D eigenvalue weighted by atomic mass is 10.1. The predicted octanol–water partition coefficient (Wildman–Crippen LogP) is 0.318. The number of halogens is 1. The van der Waals surface area contributed by atoms with Crippen LogP contribution in [0.25, 0.3) is 0 Å². The molecular weight excluding hydrogens is 241 g/mol. The van der Waals surface area contributed by atoms with E-state index in [0.29, 0.717) is 5.56 Å². The zero-order valence-corrected chi connectivity index (χ0v) is 9.76. The fraction of sp³-hybridized carbons (Fsp3) is 0.333. The second-order valence-electron chi connectivity index (χ2n) is 3.93. The quantitative estimate of drug-likeness (QED) is 0.707. The van der Waals surface area contributed by atoms with Gasteiger partial charge in [0, 0.05) is 0 Å². The first kappa shape index (κ1) is 14.1. The Balaban J connectivity index is 2.63. The van der Waals surface area contributed by atoms with Gasteiger partial charge in [-0.3, -0.25) is 4.79 Å². The molecule has 0 saturated carbocycles. The summed E-state index contributed by atoms with van der Waals surface area (Å²) in [5.74, 6) is -2.38. The smallest absolute Gasteiger partial charge is 0.328 e. The topological polar surface area (TPSA) is 86.6 Å². The number of aliphatic hydroxyl groups is 1. The van der Waals surface area contributed by atoms with E-state index in [1.165, 1.54) is 25.1 Å². The molecule has 0 fully saturated rings. The average Bonchev–Trinajstić information content (AvgIpc) is 2.25. The summed E-state index contributed by atoms with van der Waals surface area (Å²) in [5.41, 5.74) is 0.433. The summed E-state index contributed by atoms with van der Waals surface area (Å²) < 4.78 is 12.9. The van der Waals surface area contributed by atoms with Crippen molar-refractivity contribution in [2.45, 2.75) is 25.5 Å². The molecule has 0 aliphatic carbocycles. The third-order valence-electron chi connectivity index (χ3n) is 2.32. The largest absolute Gasteiger partial charge is 0.480 e. The molecule has 0 bridgehead atoms. The molecule has 0 unspecified atom stereocenters. The molecule has 6 heteroatoms. The predicted molar refractivity (Wildman–Crippen MR) is 61.4 cm³/mol. The summed E-state index contributed by atoms with van der Waals surface area (Å²) in [6.45, 7) is 1.27. The van der Waals surface area contributed by atoms with Gasteiger partial charge in [-0.1, -0.05) is 12.1 Å². The minimum atomic E-state index is -1.37. The Morgan fingerprint density at radius 3 is 2.61 bits per heavy atom. The van der Waals surface area contributed by atoms with E-state index in [2.05, 4.69) is 5.32 Å². The van der Waals surface area contributed by atoms with Gasteiger partial charge in [0.2, 0.25) is 5.91 Å². The van der Waals surface area contributed by atoms with Crippen molar-refractivity contribution in [2.75, 3.05) is 0 Å². The summed E-state index contributed by atoms with van der Waals surface area (Å²) >= 11 is 0. The van der Waals surface area contributed by atoms with E-state index in [9.17, 15) is 19.1 Å². The van der Waals surface area contributed by atoms with Crippen LogP contribution in [0.1, 0.15) is 12.5 Å². The van der Waals surface area contributed by atoms with Gasteiger partial charge in [0.1, 0.15) is 5.82 Å². The molecule has 0 aliphatic heterocycles. The van der Waals surface area contributed by atoms with Crippen LogP contribution in [0, 0.1) is 5.82 Å². The van der Waals surface area contributed by atoms with Crippen molar-refractivity contribution in [1.29, 1.82) is 0 Å². The van der Waals surface area contributed by atoms with Crippen LogP contribution in [0.4, 0.5) is 4.39 Å². The normalized spacial score (nSPS) is 13.7. The molecule has 1 aromatic rings. The lowest BCUT2D eigenvalue weighted by Gasteiger charge is -2.16. The number of carbonyl (C=O) groups excluding carboxylic acids is 1. The zero-order chi connectivity index (χ0) is 13.7. The van der Waals surface area contributed by atoms with E-state index in [1.54, 1.807) is 6.07 Å². The summed E-state index contributed by atoms with van der Waals surface area (Å²) in [6.07, 6.45) is -1.35. The van der Waals surface area contributed by atoms with Crippen LogP contribution in [-0.4, -0.2) is 34.2 Å². The van der Waals surface area contributed by atoms with Crippen molar-refractivity contribution in [3.05, 3.63) is 35.6 Å². The first-order valence-corrected chi connectivity index (χ1v) is 5.35. The molecule has 1 aromatic carbocycles. The Hall–Kier alpha value is -1.95. The van der Waals surface area contributed by atoms with Crippen LogP contribution in [-0.2, 0) is 16.0 Å². The first-order chi connectivity index (χ1) is 8.40. The van der Waals surface area contributed by atoms with Crippen LogP contribution in [0.3, 0.4) is 0 Å². The molecule has 0 aromatic heterocycles. The maximum atomic E-state index is 12.9. The second kappa shape index (κ2) is 6.11. The number of carboxylic acid groups (broad SMARTS) is 1. The van der Waals surface area contributed by atoms with E-state index in [-0.39, 0.29) is 6.42 Å². The van der Waals surface area contributed by atoms with Gasteiger partial charge in [0.05, 0.1) is 12.5 Å². The highest BCUT2D eigenvalue weighted by molar-refractivity contribution is 5.85. The van der Waals surface area contributed by atoms with Gasteiger partial charge in [-0.25, -0.2) is 9.18 Å². The SMILES string of the molecule is C[C@@H](O)[C@H](NC(=O)Cc1cccc(F)c1)C(=O)O. The maximum absolute atomic E-state index is 12.9. The Morgan fingerprint density at radius 2 is 2.11 bits per heavy atom. The number of carbonyl (C=O) groups is 2. The fourth-order valence-corrected chi connectivity index (χ4v) is 1.45. The molecule has 0 spiro atoms. The Morgan fingerprint density at radius 1 is 1.44 bits per heavy atom. The number of amides is 1. The highest BCUT2D eigenvalue weighted by Gasteiger charge is 2.24. The Bertz CT molecular complexity index is 447. The third-order valence-corrected chi connectivity index (χ3v) is 2.32. The van der Waals surface area contributed by atoms with E-state index in [0.717, 1.165) is 0 Å². The molecular formula is C12H14FNO4. The maximum Gasteiger partial charge on any atom is 0.328 e. The van der Waals surface area contributed by atoms with Crippen LogP contribution >= 0.6 is 0 Å². The first-order valence-electron chi connectivity index (χ1n) is 5.35. The van der Waals surface area contributed by atoms with Crippen molar-refractivity contribution in [3.8, 4) is 0 Å². The van der Waals surface area contributed by atoms with Crippen molar-refractivity contribution >= 4 is 11.9 Å². The molecule has 0 aliphatic rings. The summed E-state index contributed by atoms with van der Waals surface area (Å²) in [6, 6.07) is 4.09. The summed E-state index contributed by atoms with van der Waals surface area (Å²) in [4.78, 5) is 22.3. The van der Waals surface area contributed by atoms with Crippen LogP contribution in [0.2, 0.25) is 0 Å². The lowest BCUT2D eigenvalue weighted by molar-refractivity contribution is -0.144. The molecule has 18 heavy (non-hydrogen) atoms. The van der Waals surface area contributed by atoms with Gasteiger partial charge in [-0.05, 0) is 24.6 Å². The number of nitrogens with one attached hydrogen (secondary N) is 1. The van der Waals surface area contributed by atoms with Gasteiger partial charge >= 0.3 is 5.97 Å². The molecule has 0 saturated heterocycles. The van der Waals surface area contributed by atoms with E-state index >= 15 is 0 Å². The molecule has 5 nitrogen and oxygen atoms in total. The number of rotatable bonds is 5. The number of aliphatic hydroxyl groups excluding tert-OH is 1. The average molecular weight is 255 g/mol. The molecule has 3 N–H and O–H groups in total. The van der Waals surface area contributed by atoms with Crippen molar-refractivity contribution in [3.63, 3.8) is 0 Å². The van der Waals surface area contributed by atoms with Gasteiger partial charge in [-0.2, -0.15) is 0 Å². The van der Waals surface area contributed by atoms with Crippen molar-refractivity contribution < 1.29 is 24.2 Å². The fourth-order valence-electron chi connectivity index (χ4n) is 1.45. The number of carboxylic acids is 1. The monoisotopic (exact) mass is 255 g/mol.